The molecular formula is C18H17FN6. The van der Waals surface area contributed by atoms with Crippen molar-refractivity contribution in [3.8, 4) is 11.3 Å². The van der Waals surface area contributed by atoms with E-state index in [4.69, 9.17) is 0 Å². The molecule has 1 N–H and O–H groups in total. The second kappa shape index (κ2) is 6.51. The van der Waals surface area contributed by atoms with Gasteiger partial charge in [-0.25, -0.2) is 4.39 Å². The van der Waals surface area contributed by atoms with Gasteiger partial charge in [-0.2, -0.15) is 10.2 Å². The summed E-state index contributed by atoms with van der Waals surface area (Å²) in [6, 6.07) is 11.3. The SMILES string of the molecule is FC1CC(CNc2ccc(-c3ccnnc3)nn2)(c2ccccn2)C1. The van der Waals surface area contributed by atoms with Crippen LogP contribution in [0.25, 0.3) is 11.3 Å². The Labute approximate surface area is 144 Å². The summed E-state index contributed by atoms with van der Waals surface area (Å²) in [6.45, 7) is 0.579. The van der Waals surface area contributed by atoms with Gasteiger partial charge in [0.15, 0.2) is 0 Å². The van der Waals surface area contributed by atoms with Crippen molar-refractivity contribution in [3.05, 3.63) is 60.7 Å². The summed E-state index contributed by atoms with van der Waals surface area (Å²) in [5, 5.41) is 19.3. The van der Waals surface area contributed by atoms with E-state index in [1.165, 1.54) is 0 Å². The zero-order valence-corrected chi connectivity index (χ0v) is 13.5. The van der Waals surface area contributed by atoms with E-state index >= 15 is 0 Å². The van der Waals surface area contributed by atoms with Gasteiger partial charge in [0.1, 0.15) is 12.0 Å². The number of nitrogens with zero attached hydrogens (tertiary/aromatic N) is 5. The largest absolute Gasteiger partial charge is 0.368 e. The van der Waals surface area contributed by atoms with Gasteiger partial charge in [-0.15, -0.1) is 10.2 Å². The average Bonchev–Trinajstić information content (AvgIpc) is 2.66. The maximum absolute atomic E-state index is 13.6. The van der Waals surface area contributed by atoms with Crippen LogP contribution < -0.4 is 5.32 Å². The van der Waals surface area contributed by atoms with Crippen LogP contribution in [-0.4, -0.2) is 38.1 Å². The van der Waals surface area contributed by atoms with E-state index in [2.05, 4.69) is 30.7 Å². The molecule has 0 bridgehead atoms. The Kier molecular flexibility index (Phi) is 4.05. The zero-order valence-electron chi connectivity index (χ0n) is 13.5. The molecule has 6 nitrogen and oxygen atoms in total. The molecule has 1 fully saturated rings. The van der Waals surface area contributed by atoms with Crippen LogP contribution in [0.4, 0.5) is 10.2 Å². The molecule has 4 rings (SSSR count). The molecule has 0 saturated heterocycles. The van der Waals surface area contributed by atoms with Gasteiger partial charge in [0, 0.05) is 29.4 Å². The average molecular weight is 336 g/mol. The van der Waals surface area contributed by atoms with Crippen molar-refractivity contribution < 1.29 is 4.39 Å². The number of hydrogen-bond acceptors (Lipinski definition) is 6. The maximum Gasteiger partial charge on any atom is 0.148 e. The number of rotatable bonds is 5. The summed E-state index contributed by atoms with van der Waals surface area (Å²) in [7, 11) is 0. The summed E-state index contributed by atoms with van der Waals surface area (Å²) in [4.78, 5) is 4.42. The topological polar surface area (TPSA) is 76.5 Å². The van der Waals surface area contributed by atoms with Crippen molar-refractivity contribution in [2.45, 2.75) is 24.4 Å². The number of halogens is 1. The summed E-state index contributed by atoms with van der Waals surface area (Å²) >= 11 is 0. The number of alkyl halides is 1. The molecule has 1 aliphatic rings. The van der Waals surface area contributed by atoms with Crippen LogP contribution in [0.2, 0.25) is 0 Å². The predicted molar refractivity (Wildman–Crippen MR) is 91.6 cm³/mol. The molecule has 1 aliphatic carbocycles. The number of hydrogen-bond donors (Lipinski definition) is 1. The Balaban J connectivity index is 1.47. The van der Waals surface area contributed by atoms with Crippen LogP contribution >= 0.6 is 0 Å². The number of anilines is 1. The highest BCUT2D eigenvalue weighted by atomic mass is 19.1. The highest BCUT2D eigenvalue weighted by molar-refractivity contribution is 5.57. The standard InChI is InChI=1S/C18H17FN6/c19-14-9-18(10-14,16-3-1-2-7-20-16)12-21-17-5-4-15(24-25-17)13-6-8-22-23-11-13/h1-8,11,14H,9-10,12H2,(H,21,25). The Morgan fingerprint density at radius 1 is 1.04 bits per heavy atom. The molecule has 0 amide bonds. The monoisotopic (exact) mass is 336 g/mol. The Morgan fingerprint density at radius 2 is 1.96 bits per heavy atom. The first-order valence-electron chi connectivity index (χ1n) is 8.15. The van der Waals surface area contributed by atoms with Crippen molar-refractivity contribution in [2.75, 3.05) is 11.9 Å². The van der Waals surface area contributed by atoms with E-state index in [0.29, 0.717) is 25.2 Å². The Morgan fingerprint density at radius 3 is 2.60 bits per heavy atom. The summed E-state index contributed by atoms with van der Waals surface area (Å²) < 4.78 is 13.6. The summed E-state index contributed by atoms with van der Waals surface area (Å²) in [6.07, 6.45) is 5.19. The van der Waals surface area contributed by atoms with Crippen LogP contribution in [0, 0.1) is 0 Å². The maximum atomic E-state index is 13.6. The molecule has 0 aliphatic heterocycles. The lowest BCUT2D eigenvalue weighted by Crippen LogP contribution is -2.48. The van der Waals surface area contributed by atoms with E-state index in [9.17, 15) is 4.39 Å². The van der Waals surface area contributed by atoms with Gasteiger partial charge >= 0.3 is 0 Å². The minimum atomic E-state index is -0.767. The number of pyridine rings is 1. The molecule has 1 saturated carbocycles. The van der Waals surface area contributed by atoms with Gasteiger partial charge in [-0.3, -0.25) is 4.98 Å². The molecule has 3 aromatic rings. The highest BCUT2D eigenvalue weighted by Gasteiger charge is 2.46. The molecule has 0 spiro atoms. The molecule has 0 aromatic carbocycles. The Hall–Kier alpha value is -2.96. The lowest BCUT2D eigenvalue weighted by molar-refractivity contribution is 0.0996. The van der Waals surface area contributed by atoms with Gasteiger partial charge < -0.3 is 5.32 Å². The van der Waals surface area contributed by atoms with E-state index < -0.39 is 6.17 Å². The minimum absolute atomic E-state index is 0.282. The van der Waals surface area contributed by atoms with Gasteiger partial charge in [-0.1, -0.05) is 6.07 Å². The lowest BCUT2D eigenvalue weighted by atomic mass is 9.65. The van der Waals surface area contributed by atoms with Crippen LogP contribution in [0.1, 0.15) is 18.5 Å². The van der Waals surface area contributed by atoms with E-state index in [0.717, 1.165) is 17.0 Å². The fourth-order valence-electron chi connectivity index (χ4n) is 3.19. The third-order valence-electron chi connectivity index (χ3n) is 4.59. The number of aromatic nitrogens is 5. The molecule has 3 aromatic heterocycles. The van der Waals surface area contributed by atoms with Crippen molar-refractivity contribution in [2.24, 2.45) is 0 Å². The van der Waals surface area contributed by atoms with Crippen molar-refractivity contribution in [3.63, 3.8) is 0 Å². The van der Waals surface area contributed by atoms with Crippen LogP contribution in [-0.2, 0) is 5.41 Å². The highest BCUT2D eigenvalue weighted by Crippen LogP contribution is 2.44. The third kappa shape index (κ3) is 3.17. The predicted octanol–water partition coefficient (Wildman–Crippen LogP) is 2.81. The summed E-state index contributed by atoms with van der Waals surface area (Å²) in [5.41, 5.74) is 2.23. The van der Waals surface area contributed by atoms with Gasteiger partial charge in [-0.05, 0) is 43.2 Å². The smallest absolute Gasteiger partial charge is 0.148 e. The summed E-state index contributed by atoms with van der Waals surface area (Å²) in [5.74, 6) is 0.656. The van der Waals surface area contributed by atoms with Crippen molar-refractivity contribution in [1.82, 2.24) is 25.4 Å². The quantitative estimate of drug-likeness (QED) is 0.772. The first kappa shape index (κ1) is 15.6. The Bertz CT molecular complexity index is 819. The molecule has 0 radical (unpaired) electrons. The van der Waals surface area contributed by atoms with Crippen LogP contribution in [0.15, 0.2) is 55.0 Å². The normalized spacial score (nSPS) is 22.2. The van der Waals surface area contributed by atoms with Gasteiger partial charge in [0.05, 0.1) is 18.1 Å². The molecular weight excluding hydrogens is 319 g/mol. The first-order valence-corrected chi connectivity index (χ1v) is 8.15. The molecule has 126 valence electrons. The first-order chi connectivity index (χ1) is 12.3. The molecule has 0 unspecified atom stereocenters. The van der Waals surface area contributed by atoms with Crippen molar-refractivity contribution in [1.29, 1.82) is 0 Å². The molecule has 7 heteroatoms. The fourth-order valence-corrected chi connectivity index (χ4v) is 3.19. The van der Waals surface area contributed by atoms with Gasteiger partial charge in [0.2, 0.25) is 0 Å². The fraction of sp³-hybridized carbons (Fsp3) is 0.278. The van der Waals surface area contributed by atoms with Gasteiger partial charge in [0.25, 0.3) is 0 Å². The second-order valence-corrected chi connectivity index (χ2v) is 6.29. The molecule has 0 atom stereocenters. The van der Waals surface area contributed by atoms with Crippen molar-refractivity contribution >= 4 is 5.82 Å². The molecule has 25 heavy (non-hydrogen) atoms. The van der Waals surface area contributed by atoms with E-state index in [1.54, 1.807) is 18.6 Å². The zero-order chi connectivity index (χ0) is 17.1. The van der Waals surface area contributed by atoms with Crippen LogP contribution in [0.5, 0.6) is 0 Å². The van der Waals surface area contributed by atoms with E-state index in [1.807, 2.05) is 36.4 Å². The van der Waals surface area contributed by atoms with E-state index in [-0.39, 0.29) is 5.41 Å². The number of nitrogens with one attached hydrogen (secondary N) is 1. The lowest BCUT2D eigenvalue weighted by Gasteiger charge is -2.43. The van der Waals surface area contributed by atoms with Crippen LogP contribution in [0.3, 0.4) is 0 Å². The third-order valence-corrected chi connectivity index (χ3v) is 4.59. The minimum Gasteiger partial charge on any atom is -0.368 e. The second-order valence-electron chi connectivity index (χ2n) is 6.29. The molecule has 3 heterocycles.